The molecule has 174 valence electrons. The standard InChI is InChI=1S/C23H27BrN6O2S/c1-23(2,16-3-5-17(24)6-4-16)19-14-33-22(28-19)29-21(32)27-13-15-11-25-20(26-12-15)30-9-7-18(31)8-10-30/h3-6,11-12,14,18,31H,7-10,13H2,1-2H3,(H2,27,28,29,32). The zero-order valence-corrected chi connectivity index (χ0v) is 21.0. The molecule has 2 amide bonds. The van der Waals surface area contributed by atoms with Crippen molar-refractivity contribution in [3.63, 3.8) is 0 Å². The van der Waals surface area contributed by atoms with Gasteiger partial charge in [0.25, 0.3) is 0 Å². The largest absolute Gasteiger partial charge is 0.393 e. The second kappa shape index (κ2) is 10.1. The number of anilines is 2. The van der Waals surface area contributed by atoms with Gasteiger partial charge in [-0.05, 0) is 30.5 Å². The number of aromatic nitrogens is 3. The van der Waals surface area contributed by atoms with E-state index in [0.717, 1.165) is 47.2 Å². The molecule has 1 aromatic carbocycles. The number of nitrogens with one attached hydrogen (secondary N) is 2. The van der Waals surface area contributed by atoms with E-state index in [1.807, 2.05) is 17.5 Å². The van der Waals surface area contributed by atoms with Gasteiger partial charge in [-0.1, -0.05) is 41.9 Å². The molecule has 3 aromatic rings. The summed E-state index contributed by atoms with van der Waals surface area (Å²) in [6, 6.07) is 7.86. The molecule has 1 saturated heterocycles. The van der Waals surface area contributed by atoms with Crippen molar-refractivity contribution in [3.05, 3.63) is 63.3 Å². The van der Waals surface area contributed by atoms with Gasteiger partial charge in [0.15, 0.2) is 5.13 Å². The van der Waals surface area contributed by atoms with Crippen molar-refractivity contribution in [1.82, 2.24) is 20.3 Å². The van der Waals surface area contributed by atoms with E-state index in [9.17, 15) is 9.90 Å². The van der Waals surface area contributed by atoms with Gasteiger partial charge in [-0.2, -0.15) is 0 Å². The summed E-state index contributed by atoms with van der Waals surface area (Å²) in [5.41, 5.74) is 2.58. The van der Waals surface area contributed by atoms with Crippen LogP contribution in [-0.4, -0.2) is 45.3 Å². The Morgan fingerprint density at radius 2 is 1.88 bits per heavy atom. The molecule has 0 radical (unpaired) electrons. The molecular weight excluding hydrogens is 504 g/mol. The number of halogens is 1. The number of amides is 2. The molecule has 8 nitrogen and oxygen atoms in total. The summed E-state index contributed by atoms with van der Waals surface area (Å²) in [7, 11) is 0. The van der Waals surface area contributed by atoms with Gasteiger partial charge in [-0.15, -0.1) is 11.3 Å². The van der Waals surface area contributed by atoms with Crippen molar-refractivity contribution < 1.29 is 9.90 Å². The van der Waals surface area contributed by atoms with E-state index in [-0.39, 0.29) is 17.6 Å². The van der Waals surface area contributed by atoms with Gasteiger partial charge >= 0.3 is 6.03 Å². The summed E-state index contributed by atoms with van der Waals surface area (Å²) in [4.78, 5) is 27.9. The molecule has 2 aromatic heterocycles. The minimum Gasteiger partial charge on any atom is -0.393 e. The number of rotatable bonds is 6. The van der Waals surface area contributed by atoms with Gasteiger partial charge in [-0.25, -0.2) is 19.7 Å². The molecule has 0 atom stereocenters. The lowest BCUT2D eigenvalue weighted by Crippen LogP contribution is -2.36. The third-order valence-corrected chi connectivity index (χ3v) is 7.11. The number of piperidine rings is 1. The van der Waals surface area contributed by atoms with Crippen molar-refractivity contribution in [2.75, 3.05) is 23.3 Å². The first-order valence-corrected chi connectivity index (χ1v) is 12.5. The lowest BCUT2D eigenvalue weighted by Gasteiger charge is -2.29. The van der Waals surface area contributed by atoms with Crippen LogP contribution < -0.4 is 15.5 Å². The SMILES string of the molecule is CC(C)(c1ccc(Br)cc1)c1csc(NC(=O)NCc2cnc(N3CCC(O)CC3)nc2)n1. The van der Waals surface area contributed by atoms with E-state index in [2.05, 4.69) is 72.4 Å². The number of aliphatic hydroxyl groups is 1. The molecule has 10 heteroatoms. The quantitative estimate of drug-likeness (QED) is 0.438. The summed E-state index contributed by atoms with van der Waals surface area (Å²) in [6.45, 7) is 6.04. The maximum atomic E-state index is 12.4. The number of urea groups is 1. The molecule has 1 fully saturated rings. The van der Waals surface area contributed by atoms with Gasteiger partial charge in [0.05, 0.1) is 11.8 Å². The van der Waals surface area contributed by atoms with Crippen LogP contribution in [0.3, 0.4) is 0 Å². The number of nitrogens with zero attached hydrogens (tertiary/aromatic N) is 4. The summed E-state index contributed by atoms with van der Waals surface area (Å²) in [5, 5.41) is 17.8. The Morgan fingerprint density at radius 1 is 1.21 bits per heavy atom. The zero-order valence-electron chi connectivity index (χ0n) is 18.6. The number of carbonyl (C=O) groups is 1. The molecule has 0 saturated carbocycles. The normalized spacial score (nSPS) is 14.8. The maximum Gasteiger partial charge on any atom is 0.321 e. The number of carbonyl (C=O) groups excluding carboxylic acids is 1. The van der Waals surface area contributed by atoms with Crippen molar-refractivity contribution in [2.24, 2.45) is 0 Å². The predicted octanol–water partition coefficient (Wildman–Crippen LogP) is 4.30. The summed E-state index contributed by atoms with van der Waals surface area (Å²) < 4.78 is 1.03. The number of aliphatic hydroxyl groups excluding tert-OH is 1. The van der Waals surface area contributed by atoms with Crippen LogP contribution in [0.25, 0.3) is 0 Å². The second-order valence-corrected chi connectivity index (χ2v) is 10.4. The van der Waals surface area contributed by atoms with Crippen LogP contribution in [0, 0.1) is 0 Å². The lowest BCUT2D eigenvalue weighted by molar-refractivity contribution is 0.145. The van der Waals surface area contributed by atoms with Crippen LogP contribution in [0.15, 0.2) is 46.5 Å². The van der Waals surface area contributed by atoms with E-state index in [0.29, 0.717) is 17.6 Å². The monoisotopic (exact) mass is 530 g/mol. The number of thiazole rings is 1. The highest BCUT2D eigenvalue weighted by atomic mass is 79.9. The molecule has 4 rings (SSSR count). The molecule has 0 spiro atoms. The molecule has 3 heterocycles. The minimum atomic E-state index is -0.327. The number of hydrogen-bond acceptors (Lipinski definition) is 7. The van der Waals surface area contributed by atoms with Crippen LogP contribution in [0.4, 0.5) is 15.9 Å². The highest BCUT2D eigenvalue weighted by molar-refractivity contribution is 9.10. The Hall–Kier alpha value is -2.56. The van der Waals surface area contributed by atoms with Crippen LogP contribution in [0.1, 0.15) is 43.5 Å². The molecule has 3 N–H and O–H groups in total. The topological polar surface area (TPSA) is 103 Å². The molecule has 0 aliphatic carbocycles. The molecule has 0 unspecified atom stereocenters. The van der Waals surface area contributed by atoms with Crippen LogP contribution >= 0.6 is 27.3 Å². The Bertz CT molecular complexity index is 1080. The van der Waals surface area contributed by atoms with E-state index in [1.54, 1.807) is 12.4 Å². The highest BCUT2D eigenvalue weighted by Gasteiger charge is 2.26. The van der Waals surface area contributed by atoms with Crippen LogP contribution in [-0.2, 0) is 12.0 Å². The van der Waals surface area contributed by atoms with Gasteiger partial charge in [0.2, 0.25) is 5.95 Å². The van der Waals surface area contributed by atoms with Crippen molar-refractivity contribution in [2.45, 2.75) is 44.8 Å². The van der Waals surface area contributed by atoms with Gasteiger partial charge in [-0.3, -0.25) is 5.32 Å². The third kappa shape index (κ3) is 5.87. The molecule has 33 heavy (non-hydrogen) atoms. The van der Waals surface area contributed by atoms with E-state index in [4.69, 9.17) is 0 Å². The van der Waals surface area contributed by atoms with Crippen molar-refractivity contribution in [3.8, 4) is 0 Å². The first-order chi connectivity index (χ1) is 15.8. The molecule has 1 aliphatic heterocycles. The molecule has 1 aliphatic rings. The zero-order chi connectivity index (χ0) is 23.4. The van der Waals surface area contributed by atoms with Gasteiger partial charge in [0.1, 0.15) is 0 Å². The third-order valence-electron chi connectivity index (χ3n) is 5.82. The number of benzene rings is 1. The molecule has 0 bridgehead atoms. The summed E-state index contributed by atoms with van der Waals surface area (Å²) in [5.74, 6) is 0.652. The van der Waals surface area contributed by atoms with Crippen LogP contribution in [0.5, 0.6) is 0 Å². The van der Waals surface area contributed by atoms with Gasteiger partial charge in [0, 0.05) is 52.9 Å². The Kier molecular flexibility index (Phi) is 7.26. The number of hydrogen-bond donors (Lipinski definition) is 3. The highest BCUT2D eigenvalue weighted by Crippen LogP contribution is 2.34. The average Bonchev–Trinajstić information content (AvgIpc) is 3.28. The Balaban J connectivity index is 1.30. The first-order valence-electron chi connectivity index (χ1n) is 10.8. The van der Waals surface area contributed by atoms with Crippen molar-refractivity contribution >= 4 is 44.4 Å². The van der Waals surface area contributed by atoms with E-state index >= 15 is 0 Å². The lowest BCUT2D eigenvalue weighted by atomic mass is 9.82. The molecular formula is C23H27BrN6O2S. The van der Waals surface area contributed by atoms with E-state index < -0.39 is 0 Å². The van der Waals surface area contributed by atoms with E-state index in [1.165, 1.54) is 11.3 Å². The first kappa shape index (κ1) is 23.6. The average molecular weight is 531 g/mol. The van der Waals surface area contributed by atoms with Crippen molar-refractivity contribution in [1.29, 1.82) is 0 Å². The maximum absolute atomic E-state index is 12.4. The predicted molar refractivity (Wildman–Crippen MR) is 134 cm³/mol. The summed E-state index contributed by atoms with van der Waals surface area (Å²) in [6.07, 6.45) is 4.66. The van der Waals surface area contributed by atoms with Crippen LogP contribution in [0.2, 0.25) is 0 Å². The second-order valence-electron chi connectivity index (χ2n) is 8.59. The minimum absolute atomic E-state index is 0.232. The fraction of sp³-hybridized carbons (Fsp3) is 0.391. The summed E-state index contributed by atoms with van der Waals surface area (Å²) >= 11 is 4.87. The Morgan fingerprint density at radius 3 is 2.55 bits per heavy atom. The smallest absolute Gasteiger partial charge is 0.321 e. The van der Waals surface area contributed by atoms with Gasteiger partial charge < -0.3 is 15.3 Å². The Labute approximate surface area is 205 Å². The fourth-order valence-electron chi connectivity index (χ4n) is 3.62. The fourth-order valence-corrected chi connectivity index (χ4v) is 4.76.